The van der Waals surface area contributed by atoms with Gasteiger partial charge in [0.25, 0.3) is 0 Å². The van der Waals surface area contributed by atoms with Gasteiger partial charge in [0.2, 0.25) is 0 Å². The Morgan fingerprint density at radius 1 is 0.810 bits per heavy atom. The second-order valence-corrected chi connectivity index (χ2v) is 5.20. The normalized spacial score (nSPS) is 12.6. The predicted octanol–water partition coefficient (Wildman–Crippen LogP) is 4.87. The van der Waals surface area contributed by atoms with Crippen LogP contribution < -0.4 is 0 Å². The first kappa shape index (κ1) is 13.4. The fraction of sp³-hybridized carbons (Fsp3) is 0.100. The Morgan fingerprint density at radius 2 is 1.48 bits per heavy atom. The SMILES string of the molecule is Cn1cccc1C(/C=C/c1ccccc1)c1ccccc1. The third-order valence-electron chi connectivity index (χ3n) is 3.74. The standard InChI is InChI=1S/C20H19N/c1-21-16-8-13-20(21)19(18-11-6-3-7-12-18)15-14-17-9-4-2-5-10-17/h2-16,19H,1H3/b15-14+. The number of rotatable bonds is 4. The van der Waals surface area contributed by atoms with E-state index in [0.29, 0.717) is 0 Å². The van der Waals surface area contributed by atoms with Crippen molar-refractivity contribution in [3.8, 4) is 0 Å². The molecule has 0 bridgehead atoms. The summed E-state index contributed by atoms with van der Waals surface area (Å²) in [4.78, 5) is 0. The molecule has 3 aromatic rings. The molecular weight excluding hydrogens is 254 g/mol. The van der Waals surface area contributed by atoms with E-state index in [-0.39, 0.29) is 5.92 Å². The van der Waals surface area contributed by atoms with Gasteiger partial charge in [-0.15, -0.1) is 0 Å². The molecule has 0 aliphatic carbocycles. The molecule has 0 aliphatic heterocycles. The Labute approximate surface area is 126 Å². The molecule has 1 aromatic heterocycles. The van der Waals surface area contributed by atoms with Gasteiger partial charge in [0.1, 0.15) is 0 Å². The monoisotopic (exact) mass is 273 g/mol. The van der Waals surface area contributed by atoms with E-state index in [4.69, 9.17) is 0 Å². The zero-order chi connectivity index (χ0) is 14.5. The van der Waals surface area contributed by atoms with Crippen molar-refractivity contribution in [3.63, 3.8) is 0 Å². The zero-order valence-corrected chi connectivity index (χ0v) is 12.2. The van der Waals surface area contributed by atoms with Crippen molar-refractivity contribution >= 4 is 6.08 Å². The molecule has 1 unspecified atom stereocenters. The maximum absolute atomic E-state index is 2.28. The molecule has 1 atom stereocenters. The van der Waals surface area contributed by atoms with Gasteiger partial charge < -0.3 is 4.57 Å². The highest BCUT2D eigenvalue weighted by Crippen LogP contribution is 2.26. The van der Waals surface area contributed by atoms with Crippen LogP contribution >= 0.6 is 0 Å². The lowest BCUT2D eigenvalue weighted by Crippen LogP contribution is -2.03. The van der Waals surface area contributed by atoms with Crippen LogP contribution in [0.15, 0.2) is 85.1 Å². The van der Waals surface area contributed by atoms with E-state index in [1.54, 1.807) is 0 Å². The quantitative estimate of drug-likeness (QED) is 0.639. The molecule has 21 heavy (non-hydrogen) atoms. The van der Waals surface area contributed by atoms with Crippen LogP contribution in [0, 0.1) is 0 Å². The van der Waals surface area contributed by atoms with E-state index in [9.17, 15) is 0 Å². The van der Waals surface area contributed by atoms with Crippen molar-refractivity contribution in [2.24, 2.45) is 7.05 Å². The molecule has 1 heteroatoms. The molecule has 3 rings (SSSR count). The van der Waals surface area contributed by atoms with E-state index < -0.39 is 0 Å². The summed E-state index contributed by atoms with van der Waals surface area (Å²) in [7, 11) is 2.10. The molecule has 0 N–H and O–H groups in total. The summed E-state index contributed by atoms with van der Waals surface area (Å²) in [5, 5.41) is 0. The largest absolute Gasteiger partial charge is 0.354 e. The Balaban J connectivity index is 1.98. The maximum Gasteiger partial charge on any atom is 0.0426 e. The number of hydrogen-bond acceptors (Lipinski definition) is 0. The molecule has 0 amide bonds. The molecule has 1 nitrogen and oxygen atoms in total. The lowest BCUT2D eigenvalue weighted by atomic mass is 9.94. The van der Waals surface area contributed by atoms with Gasteiger partial charge in [-0.25, -0.2) is 0 Å². The first-order valence-electron chi connectivity index (χ1n) is 7.24. The Hall–Kier alpha value is -2.54. The van der Waals surface area contributed by atoms with Gasteiger partial charge in [0.05, 0.1) is 0 Å². The van der Waals surface area contributed by atoms with Crippen molar-refractivity contribution in [2.75, 3.05) is 0 Å². The first-order valence-corrected chi connectivity index (χ1v) is 7.24. The fourth-order valence-corrected chi connectivity index (χ4v) is 2.61. The molecular formula is C20H19N. The van der Waals surface area contributed by atoms with Crippen LogP contribution in [0.3, 0.4) is 0 Å². The number of aryl methyl sites for hydroxylation is 1. The topological polar surface area (TPSA) is 4.93 Å². The summed E-state index contributed by atoms with van der Waals surface area (Å²) >= 11 is 0. The summed E-state index contributed by atoms with van der Waals surface area (Å²) in [6.45, 7) is 0. The average molecular weight is 273 g/mol. The minimum Gasteiger partial charge on any atom is -0.354 e. The average Bonchev–Trinajstić information content (AvgIpc) is 2.96. The van der Waals surface area contributed by atoms with Gasteiger partial charge in [0, 0.05) is 24.9 Å². The smallest absolute Gasteiger partial charge is 0.0426 e. The number of allylic oxidation sites excluding steroid dienone is 1. The molecule has 0 saturated carbocycles. The van der Waals surface area contributed by atoms with Gasteiger partial charge in [-0.05, 0) is 23.3 Å². The van der Waals surface area contributed by atoms with Crippen LogP contribution in [0.5, 0.6) is 0 Å². The van der Waals surface area contributed by atoms with E-state index in [1.807, 2.05) is 6.07 Å². The van der Waals surface area contributed by atoms with Gasteiger partial charge in [-0.3, -0.25) is 0 Å². The summed E-state index contributed by atoms with van der Waals surface area (Å²) in [5.74, 6) is 0.270. The van der Waals surface area contributed by atoms with Crippen molar-refractivity contribution in [3.05, 3.63) is 102 Å². The Morgan fingerprint density at radius 3 is 2.10 bits per heavy atom. The lowest BCUT2D eigenvalue weighted by molar-refractivity contribution is 0.810. The van der Waals surface area contributed by atoms with E-state index in [0.717, 1.165) is 0 Å². The Bertz CT molecular complexity index is 708. The summed E-state index contributed by atoms with van der Waals surface area (Å²) < 4.78 is 2.19. The van der Waals surface area contributed by atoms with Gasteiger partial charge in [-0.2, -0.15) is 0 Å². The highest BCUT2D eigenvalue weighted by Gasteiger charge is 2.13. The summed E-state index contributed by atoms with van der Waals surface area (Å²) in [5.41, 5.74) is 3.84. The number of nitrogens with zero attached hydrogens (tertiary/aromatic N) is 1. The minimum absolute atomic E-state index is 0.270. The molecule has 0 spiro atoms. The Kier molecular flexibility index (Phi) is 4.02. The zero-order valence-electron chi connectivity index (χ0n) is 12.2. The molecule has 2 aromatic carbocycles. The third-order valence-corrected chi connectivity index (χ3v) is 3.74. The minimum atomic E-state index is 0.270. The highest BCUT2D eigenvalue weighted by atomic mass is 14.9. The van der Waals surface area contributed by atoms with Crippen LogP contribution in [0.1, 0.15) is 22.7 Å². The molecule has 104 valence electrons. The van der Waals surface area contributed by atoms with Crippen LogP contribution in [0.25, 0.3) is 6.08 Å². The van der Waals surface area contributed by atoms with Crippen molar-refractivity contribution in [1.82, 2.24) is 4.57 Å². The molecule has 0 fully saturated rings. The molecule has 0 saturated heterocycles. The van der Waals surface area contributed by atoms with Gasteiger partial charge >= 0.3 is 0 Å². The van der Waals surface area contributed by atoms with Crippen molar-refractivity contribution in [2.45, 2.75) is 5.92 Å². The lowest BCUT2D eigenvalue weighted by Gasteiger charge is -2.15. The van der Waals surface area contributed by atoms with Crippen LogP contribution in [-0.2, 0) is 7.05 Å². The van der Waals surface area contributed by atoms with E-state index in [2.05, 4.69) is 96.7 Å². The van der Waals surface area contributed by atoms with Crippen LogP contribution in [0.4, 0.5) is 0 Å². The summed E-state index contributed by atoms with van der Waals surface area (Å²) in [6.07, 6.45) is 6.58. The van der Waals surface area contributed by atoms with E-state index >= 15 is 0 Å². The maximum atomic E-state index is 2.28. The molecule has 0 aliphatic rings. The van der Waals surface area contributed by atoms with Gasteiger partial charge in [0.15, 0.2) is 0 Å². The highest BCUT2D eigenvalue weighted by molar-refractivity contribution is 5.52. The number of aromatic nitrogens is 1. The van der Waals surface area contributed by atoms with E-state index in [1.165, 1.54) is 16.8 Å². The summed E-state index contributed by atoms with van der Waals surface area (Å²) in [6, 6.07) is 25.4. The molecule has 1 heterocycles. The molecule has 0 radical (unpaired) electrons. The fourth-order valence-electron chi connectivity index (χ4n) is 2.61. The first-order chi connectivity index (χ1) is 10.3. The van der Waals surface area contributed by atoms with Crippen LogP contribution in [0.2, 0.25) is 0 Å². The third kappa shape index (κ3) is 3.14. The second-order valence-electron chi connectivity index (χ2n) is 5.20. The van der Waals surface area contributed by atoms with Gasteiger partial charge in [-0.1, -0.05) is 72.8 Å². The number of hydrogen-bond donors (Lipinski definition) is 0. The van der Waals surface area contributed by atoms with Crippen molar-refractivity contribution < 1.29 is 0 Å². The second kappa shape index (κ2) is 6.27. The number of benzene rings is 2. The van der Waals surface area contributed by atoms with Crippen molar-refractivity contribution in [1.29, 1.82) is 0 Å². The van der Waals surface area contributed by atoms with Crippen LogP contribution in [-0.4, -0.2) is 4.57 Å². The predicted molar refractivity (Wildman–Crippen MR) is 89.2 cm³/mol.